The summed E-state index contributed by atoms with van der Waals surface area (Å²) in [5.74, 6) is 0. The quantitative estimate of drug-likeness (QED) is 0.611. The largest absolute Gasteiger partial charge is 0.291 e. The molecule has 0 amide bonds. The van der Waals surface area contributed by atoms with E-state index in [9.17, 15) is 0 Å². The Balaban J connectivity index is 0. The van der Waals surface area contributed by atoms with Crippen molar-refractivity contribution in [2.24, 2.45) is 0 Å². The van der Waals surface area contributed by atoms with Crippen LogP contribution < -0.4 is 5.48 Å². The Bertz CT molecular complexity index is 186. The summed E-state index contributed by atoms with van der Waals surface area (Å²) in [5, 5.41) is 8.38. The van der Waals surface area contributed by atoms with Crippen LogP contribution in [0.4, 0.5) is 5.69 Å². The van der Waals surface area contributed by atoms with E-state index >= 15 is 0 Å². The molecule has 1 aromatic rings. The third-order valence-electron chi connectivity index (χ3n) is 1.18. The molecule has 0 saturated carbocycles. The predicted octanol–water partition coefficient (Wildman–Crippen LogP) is 3.07. The molecule has 1 aromatic carbocycles. The van der Waals surface area contributed by atoms with Gasteiger partial charge in [-0.05, 0) is 19.1 Å². The van der Waals surface area contributed by atoms with Crippen LogP contribution in [0, 0.1) is 6.92 Å². The van der Waals surface area contributed by atoms with Gasteiger partial charge in [-0.25, -0.2) is 0 Å². The van der Waals surface area contributed by atoms with Crippen molar-refractivity contribution in [2.75, 3.05) is 5.48 Å². The molecule has 0 bridgehead atoms. The Morgan fingerprint density at radius 2 is 1.64 bits per heavy atom. The van der Waals surface area contributed by atoms with E-state index in [0.29, 0.717) is 0 Å². The molecule has 0 aliphatic heterocycles. The van der Waals surface area contributed by atoms with Crippen molar-refractivity contribution in [1.29, 1.82) is 0 Å². The van der Waals surface area contributed by atoms with Crippen molar-refractivity contribution >= 4 is 5.69 Å². The molecule has 0 aromatic heterocycles. The first-order chi connectivity index (χ1) is 5.33. The molecular weight excluding hydrogens is 138 g/mol. The normalized spacial score (nSPS) is 8.00. The van der Waals surface area contributed by atoms with Crippen LogP contribution in [0.1, 0.15) is 20.8 Å². The van der Waals surface area contributed by atoms with Crippen molar-refractivity contribution in [3.8, 4) is 0 Å². The first kappa shape index (κ1) is 9.98. The maximum atomic E-state index is 8.38. The molecule has 0 radical (unpaired) electrons. The standard InChI is InChI=1S/C7H9NO.C2H6.H2/c1-6-2-4-7(8-9)5-3-6;1-2;/h2-5,8-9H,1H3;1-2H3;1H. The molecule has 0 aliphatic carbocycles. The summed E-state index contributed by atoms with van der Waals surface area (Å²) in [6.07, 6.45) is 0. The van der Waals surface area contributed by atoms with Gasteiger partial charge >= 0.3 is 0 Å². The van der Waals surface area contributed by atoms with Gasteiger partial charge in [0, 0.05) is 1.43 Å². The number of aryl methyl sites for hydroxylation is 1. The molecule has 1 rings (SSSR count). The highest BCUT2D eigenvalue weighted by Crippen LogP contribution is 2.06. The number of hydrogen-bond donors (Lipinski definition) is 2. The molecule has 64 valence electrons. The van der Waals surface area contributed by atoms with Gasteiger partial charge in [0.15, 0.2) is 0 Å². The van der Waals surface area contributed by atoms with Crippen LogP contribution in [-0.2, 0) is 0 Å². The van der Waals surface area contributed by atoms with Crippen molar-refractivity contribution in [2.45, 2.75) is 20.8 Å². The highest BCUT2D eigenvalue weighted by atomic mass is 16.5. The first-order valence-electron chi connectivity index (χ1n) is 3.79. The maximum Gasteiger partial charge on any atom is 0.0602 e. The Hall–Kier alpha value is -1.02. The van der Waals surface area contributed by atoms with Crippen LogP contribution in [0.5, 0.6) is 0 Å². The van der Waals surface area contributed by atoms with E-state index in [1.165, 1.54) is 5.56 Å². The molecule has 2 nitrogen and oxygen atoms in total. The topological polar surface area (TPSA) is 32.3 Å². The molecule has 0 unspecified atom stereocenters. The lowest BCUT2D eigenvalue weighted by Gasteiger charge is -1.96. The van der Waals surface area contributed by atoms with Gasteiger partial charge < -0.3 is 0 Å². The van der Waals surface area contributed by atoms with Crippen molar-refractivity contribution in [3.05, 3.63) is 29.8 Å². The molecule has 0 aliphatic rings. The zero-order valence-electron chi connectivity index (χ0n) is 7.26. The molecule has 0 saturated heterocycles. The maximum absolute atomic E-state index is 8.38. The lowest BCUT2D eigenvalue weighted by atomic mass is 10.2. The summed E-state index contributed by atoms with van der Waals surface area (Å²) in [5.41, 5.74) is 3.97. The number of hydrogen-bond acceptors (Lipinski definition) is 2. The van der Waals surface area contributed by atoms with Crippen LogP contribution in [-0.4, -0.2) is 5.21 Å². The van der Waals surface area contributed by atoms with Gasteiger partial charge in [-0.1, -0.05) is 31.5 Å². The fourth-order valence-electron chi connectivity index (χ4n) is 0.628. The van der Waals surface area contributed by atoms with Gasteiger partial charge in [-0.3, -0.25) is 10.7 Å². The fourth-order valence-corrected chi connectivity index (χ4v) is 0.628. The van der Waals surface area contributed by atoms with E-state index in [2.05, 4.69) is 5.48 Å². The summed E-state index contributed by atoms with van der Waals surface area (Å²) >= 11 is 0. The lowest BCUT2D eigenvalue weighted by molar-refractivity contribution is 0.389. The third kappa shape index (κ3) is 3.63. The van der Waals surface area contributed by atoms with Crippen LogP contribution in [0.15, 0.2) is 24.3 Å². The molecule has 0 fully saturated rings. The van der Waals surface area contributed by atoms with Crippen molar-refractivity contribution < 1.29 is 6.63 Å². The SMILES string of the molecule is CC.Cc1ccc(NO)cc1.[HH]. The van der Waals surface area contributed by atoms with Gasteiger partial charge in [0.25, 0.3) is 0 Å². The van der Waals surface area contributed by atoms with Gasteiger partial charge in [0.05, 0.1) is 5.69 Å². The molecule has 0 spiro atoms. The average molecular weight is 155 g/mol. The number of rotatable bonds is 1. The van der Waals surface area contributed by atoms with Crippen LogP contribution >= 0.6 is 0 Å². The fraction of sp³-hybridized carbons (Fsp3) is 0.333. The van der Waals surface area contributed by atoms with Crippen molar-refractivity contribution in [1.82, 2.24) is 0 Å². The van der Waals surface area contributed by atoms with Crippen LogP contribution in [0.3, 0.4) is 0 Å². The van der Waals surface area contributed by atoms with Gasteiger partial charge in [0.2, 0.25) is 0 Å². The minimum absolute atomic E-state index is 0. The Morgan fingerprint density at radius 3 is 2.00 bits per heavy atom. The minimum Gasteiger partial charge on any atom is -0.291 e. The summed E-state index contributed by atoms with van der Waals surface area (Å²) in [6, 6.07) is 7.49. The molecule has 0 heterocycles. The van der Waals surface area contributed by atoms with Gasteiger partial charge in [-0.15, -0.1) is 0 Å². The van der Waals surface area contributed by atoms with E-state index in [1.54, 1.807) is 0 Å². The second-order valence-electron chi connectivity index (χ2n) is 1.98. The van der Waals surface area contributed by atoms with E-state index in [4.69, 9.17) is 5.21 Å². The van der Waals surface area contributed by atoms with E-state index in [0.717, 1.165) is 5.69 Å². The predicted molar refractivity (Wildman–Crippen MR) is 50.1 cm³/mol. The second-order valence-corrected chi connectivity index (χ2v) is 1.98. The zero-order chi connectivity index (χ0) is 8.69. The molecule has 2 N–H and O–H groups in total. The highest BCUT2D eigenvalue weighted by molar-refractivity contribution is 5.41. The Labute approximate surface area is 69.3 Å². The van der Waals surface area contributed by atoms with Gasteiger partial charge in [0.1, 0.15) is 0 Å². The molecule has 0 atom stereocenters. The monoisotopic (exact) mass is 155 g/mol. The molecule has 2 heteroatoms. The highest BCUT2D eigenvalue weighted by Gasteiger charge is 1.84. The summed E-state index contributed by atoms with van der Waals surface area (Å²) in [4.78, 5) is 0. The number of benzene rings is 1. The van der Waals surface area contributed by atoms with Crippen LogP contribution in [0.2, 0.25) is 0 Å². The third-order valence-corrected chi connectivity index (χ3v) is 1.18. The van der Waals surface area contributed by atoms with Crippen LogP contribution in [0.25, 0.3) is 0 Å². The number of nitrogens with one attached hydrogen (secondary N) is 1. The smallest absolute Gasteiger partial charge is 0.0602 e. The first-order valence-corrected chi connectivity index (χ1v) is 3.79. The van der Waals surface area contributed by atoms with Crippen molar-refractivity contribution in [3.63, 3.8) is 0 Å². The summed E-state index contributed by atoms with van der Waals surface area (Å²) in [7, 11) is 0. The number of anilines is 1. The summed E-state index contributed by atoms with van der Waals surface area (Å²) < 4.78 is 0. The Kier molecular flexibility index (Phi) is 5.21. The van der Waals surface area contributed by atoms with E-state index in [1.807, 2.05) is 45.0 Å². The Morgan fingerprint density at radius 1 is 1.18 bits per heavy atom. The molecular formula is C9H17NO. The summed E-state index contributed by atoms with van der Waals surface area (Å²) in [6.45, 7) is 6.00. The second kappa shape index (κ2) is 5.74. The lowest BCUT2D eigenvalue weighted by Crippen LogP contribution is -1.87. The van der Waals surface area contributed by atoms with E-state index in [-0.39, 0.29) is 1.43 Å². The molecule has 11 heavy (non-hydrogen) atoms. The zero-order valence-corrected chi connectivity index (χ0v) is 7.26. The van der Waals surface area contributed by atoms with Gasteiger partial charge in [-0.2, -0.15) is 0 Å². The minimum atomic E-state index is 0. The average Bonchev–Trinajstić information content (AvgIpc) is 2.10. The van der Waals surface area contributed by atoms with E-state index < -0.39 is 0 Å².